The molecule has 112 valence electrons. The first-order chi connectivity index (χ1) is 9.69. The van der Waals surface area contributed by atoms with Gasteiger partial charge in [-0.05, 0) is 24.2 Å². The van der Waals surface area contributed by atoms with Crippen molar-refractivity contribution >= 4 is 0 Å². The number of rotatable bonds is 5. The minimum Gasteiger partial charge on any atom is -0.493 e. The van der Waals surface area contributed by atoms with Gasteiger partial charge in [-0.1, -0.05) is 13.0 Å². The highest BCUT2D eigenvalue weighted by Crippen LogP contribution is 2.31. The molecule has 1 aromatic carbocycles. The molecular weight excluding hydrogens is 256 g/mol. The smallest absolute Gasteiger partial charge is 0.161 e. The minimum absolute atomic E-state index is 0.0156. The van der Waals surface area contributed by atoms with Gasteiger partial charge >= 0.3 is 0 Å². The van der Waals surface area contributed by atoms with Gasteiger partial charge in [-0.3, -0.25) is 4.90 Å². The topological polar surface area (TPSA) is 57.0 Å². The van der Waals surface area contributed by atoms with Crippen LogP contribution in [0, 0.1) is 0 Å². The average molecular weight is 280 g/mol. The molecule has 1 aliphatic rings. The summed E-state index contributed by atoms with van der Waals surface area (Å²) in [5.74, 6) is 1.41. The molecule has 1 saturated heterocycles. The van der Waals surface area contributed by atoms with E-state index in [9.17, 15) is 0 Å². The van der Waals surface area contributed by atoms with Gasteiger partial charge in [0.15, 0.2) is 11.5 Å². The number of hydrogen-bond donors (Lipinski definition) is 1. The SMILES string of the molecule is CCN1CCOC(C(N)c2ccc(OC)c(OC)c2)C1. The summed E-state index contributed by atoms with van der Waals surface area (Å²) in [6, 6.07) is 5.62. The van der Waals surface area contributed by atoms with Gasteiger partial charge in [-0.15, -0.1) is 0 Å². The average Bonchev–Trinajstić information content (AvgIpc) is 2.53. The third kappa shape index (κ3) is 3.23. The summed E-state index contributed by atoms with van der Waals surface area (Å²) in [5.41, 5.74) is 7.36. The Morgan fingerprint density at radius 3 is 2.75 bits per heavy atom. The molecule has 1 heterocycles. The molecule has 0 spiro atoms. The molecule has 2 N–H and O–H groups in total. The summed E-state index contributed by atoms with van der Waals surface area (Å²) < 4.78 is 16.4. The summed E-state index contributed by atoms with van der Waals surface area (Å²) >= 11 is 0. The van der Waals surface area contributed by atoms with Crippen molar-refractivity contribution in [2.45, 2.75) is 19.1 Å². The highest BCUT2D eigenvalue weighted by molar-refractivity contribution is 5.44. The molecule has 1 aromatic rings. The van der Waals surface area contributed by atoms with E-state index in [1.165, 1.54) is 0 Å². The Hall–Kier alpha value is -1.30. The van der Waals surface area contributed by atoms with Gasteiger partial charge in [0.2, 0.25) is 0 Å². The first kappa shape index (κ1) is 15.1. The number of ether oxygens (including phenoxy) is 3. The Balaban J connectivity index is 2.13. The predicted octanol–water partition coefficient (Wildman–Crippen LogP) is 1.42. The summed E-state index contributed by atoms with van der Waals surface area (Å²) in [5, 5.41) is 0. The zero-order valence-corrected chi connectivity index (χ0v) is 12.5. The van der Waals surface area contributed by atoms with Crippen LogP contribution in [-0.4, -0.2) is 51.5 Å². The normalized spacial score (nSPS) is 21.5. The Morgan fingerprint density at radius 2 is 2.10 bits per heavy atom. The number of benzene rings is 1. The monoisotopic (exact) mass is 280 g/mol. The van der Waals surface area contributed by atoms with Crippen LogP contribution in [0.5, 0.6) is 11.5 Å². The van der Waals surface area contributed by atoms with Gasteiger partial charge in [0.25, 0.3) is 0 Å². The summed E-state index contributed by atoms with van der Waals surface area (Å²) in [4.78, 5) is 2.36. The standard InChI is InChI=1S/C15H24N2O3/c1-4-17-7-8-20-14(10-17)15(16)11-5-6-12(18-2)13(9-11)19-3/h5-6,9,14-15H,4,7-8,10,16H2,1-3H3. The second kappa shape index (κ2) is 6.92. The summed E-state index contributed by atoms with van der Waals surface area (Å²) in [7, 11) is 3.25. The maximum absolute atomic E-state index is 6.35. The van der Waals surface area contributed by atoms with Crippen molar-refractivity contribution in [3.63, 3.8) is 0 Å². The maximum Gasteiger partial charge on any atom is 0.161 e. The first-order valence-corrected chi connectivity index (χ1v) is 7.01. The second-order valence-electron chi connectivity index (χ2n) is 4.94. The summed E-state index contributed by atoms with van der Waals surface area (Å²) in [6.07, 6.45) is 0.0156. The molecule has 2 rings (SSSR count). The molecule has 2 atom stereocenters. The predicted molar refractivity (Wildman–Crippen MR) is 78.3 cm³/mol. The fourth-order valence-electron chi connectivity index (χ4n) is 2.51. The zero-order chi connectivity index (χ0) is 14.5. The quantitative estimate of drug-likeness (QED) is 0.884. The molecule has 0 bridgehead atoms. The van der Waals surface area contributed by atoms with Crippen LogP contribution in [0.3, 0.4) is 0 Å². The van der Waals surface area contributed by atoms with Crippen molar-refractivity contribution in [3.05, 3.63) is 23.8 Å². The second-order valence-corrected chi connectivity index (χ2v) is 4.94. The van der Waals surface area contributed by atoms with Crippen molar-refractivity contribution in [3.8, 4) is 11.5 Å². The molecule has 0 aromatic heterocycles. The van der Waals surface area contributed by atoms with Gasteiger partial charge in [0.05, 0.1) is 33.0 Å². The molecule has 0 radical (unpaired) electrons. The molecule has 0 amide bonds. The number of likely N-dealkylation sites (N-methyl/N-ethyl adjacent to an activating group) is 1. The molecule has 0 aliphatic carbocycles. The van der Waals surface area contributed by atoms with Crippen LogP contribution in [0.15, 0.2) is 18.2 Å². The Kier molecular flexibility index (Phi) is 5.23. The Morgan fingerprint density at radius 1 is 1.35 bits per heavy atom. The maximum atomic E-state index is 6.35. The Labute approximate surface area is 120 Å². The lowest BCUT2D eigenvalue weighted by Crippen LogP contribution is -2.46. The molecule has 5 nitrogen and oxygen atoms in total. The molecule has 1 fully saturated rings. The minimum atomic E-state index is -0.163. The molecular formula is C15H24N2O3. The molecule has 20 heavy (non-hydrogen) atoms. The van der Waals surface area contributed by atoms with E-state index >= 15 is 0 Å². The van der Waals surface area contributed by atoms with Crippen LogP contribution in [0.1, 0.15) is 18.5 Å². The van der Waals surface area contributed by atoms with E-state index in [0.29, 0.717) is 11.5 Å². The van der Waals surface area contributed by atoms with Gasteiger partial charge in [0, 0.05) is 13.1 Å². The first-order valence-electron chi connectivity index (χ1n) is 7.01. The highest BCUT2D eigenvalue weighted by Gasteiger charge is 2.26. The number of nitrogens with zero attached hydrogens (tertiary/aromatic N) is 1. The fourth-order valence-corrected chi connectivity index (χ4v) is 2.51. The van der Waals surface area contributed by atoms with E-state index in [-0.39, 0.29) is 12.1 Å². The lowest BCUT2D eigenvalue weighted by Gasteiger charge is -2.35. The van der Waals surface area contributed by atoms with Crippen LogP contribution < -0.4 is 15.2 Å². The van der Waals surface area contributed by atoms with Crippen molar-refractivity contribution in [2.24, 2.45) is 5.73 Å². The molecule has 1 aliphatic heterocycles. The van der Waals surface area contributed by atoms with Crippen LogP contribution >= 0.6 is 0 Å². The zero-order valence-electron chi connectivity index (χ0n) is 12.5. The Bertz CT molecular complexity index is 439. The van der Waals surface area contributed by atoms with Gasteiger partial charge < -0.3 is 19.9 Å². The van der Waals surface area contributed by atoms with E-state index in [1.807, 2.05) is 18.2 Å². The number of morpholine rings is 1. The fraction of sp³-hybridized carbons (Fsp3) is 0.600. The van der Waals surface area contributed by atoms with Gasteiger partial charge in [-0.2, -0.15) is 0 Å². The highest BCUT2D eigenvalue weighted by atomic mass is 16.5. The lowest BCUT2D eigenvalue weighted by atomic mass is 10.0. The number of nitrogens with two attached hydrogens (primary N) is 1. The largest absolute Gasteiger partial charge is 0.493 e. The van der Waals surface area contributed by atoms with Crippen LogP contribution in [0.25, 0.3) is 0 Å². The molecule has 2 unspecified atom stereocenters. The number of methoxy groups -OCH3 is 2. The third-order valence-electron chi connectivity index (χ3n) is 3.82. The van der Waals surface area contributed by atoms with Crippen molar-refractivity contribution in [2.75, 3.05) is 40.5 Å². The van der Waals surface area contributed by atoms with Gasteiger partial charge in [-0.25, -0.2) is 0 Å². The van der Waals surface area contributed by atoms with E-state index in [2.05, 4.69) is 11.8 Å². The van der Waals surface area contributed by atoms with E-state index in [4.69, 9.17) is 19.9 Å². The van der Waals surface area contributed by atoms with E-state index in [1.54, 1.807) is 14.2 Å². The third-order valence-corrected chi connectivity index (χ3v) is 3.82. The molecule has 5 heteroatoms. The van der Waals surface area contributed by atoms with E-state index in [0.717, 1.165) is 31.8 Å². The lowest BCUT2D eigenvalue weighted by molar-refractivity contribution is -0.0392. The van der Waals surface area contributed by atoms with Crippen LogP contribution in [0.4, 0.5) is 0 Å². The van der Waals surface area contributed by atoms with Crippen molar-refractivity contribution in [1.82, 2.24) is 4.90 Å². The van der Waals surface area contributed by atoms with Crippen LogP contribution in [-0.2, 0) is 4.74 Å². The molecule has 0 saturated carbocycles. The summed E-state index contributed by atoms with van der Waals surface area (Å²) in [6.45, 7) is 5.76. The number of hydrogen-bond acceptors (Lipinski definition) is 5. The van der Waals surface area contributed by atoms with Crippen molar-refractivity contribution < 1.29 is 14.2 Å². The van der Waals surface area contributed by atoms with Gasteiger partial charge in [0.1, 0.15) is 0 Å². The van der Waals surface area contributed by atoms with Crippen molar-refractivity contribution in [1.29, 1.82) is 0 Å². The van der Waals surface area contributed by atoms with E-state index < -0.39 is 0 Å². The van der Waals surface area contributed by atoms with Crippen LogP contribution in [0.2, 0.25) is 0 Å².